The summed E-state index contributed by atoms with van der Waals surface area (Å²) >= 11 is 0. The summed E-state index contributed by atoms with van der Waals surface area (Å²) in [4.78, 5) is 0. The number of methoxy groups -OCH3 is 1. The van der Waals surface area contributed by atoms with Crippen LogP contribution in [-0.2, 0) is 4.74 Å². The van der Waals surface area contributed by atoms with Crippen LogP contribution >= 0.6 is 0 Å². The van der Waals surface area contributed by atoms with Gasteiger partial charge in [0.05, 0.1) is 6.10 Å². The maximum atomic E-state index is 5.11. The normalized spacial score (nSPS) is 18.3. The third-order valence-electron chi connectivity index (χ3n) is 1.64. The largest absolute Gasteiger partial charge is 0.412 e. The van der Waals surface area contributed by atoms with Gasteiger partial charge in [-0.1, -0.05) is 12.8 Å². The molecule has 0 aromatic heterocycles. The second-order valence-electron chi connectivity index (χ2n) is 2.14. The summed E-state index contributed by atoms with van der Waals surface area (Å²) in [6.45, 7) is 0. The van der Waals surface area contributed by atoms with Gasteiger partial charge in [0, 0.05) is 7.11 Å². The Kier molecular flexibility index (Phi) is 7.77. The molecule has 1 saturated carbocycles. The summed E-state index contributed by atoms with van der Waals surface area (Å²) in [5, 5.41) is 0. The Hall–Kier alpha value is -0.120. The fourth-order valence-corrected chi connectivity index (χ4v) is 1.12. The second kappa shape index (κ2) is 6.01. The molecule has 0 bridgehead atoms. The van der Waals surface area contributed by atoms with Crippen LogP contribution in [0.5, 0.6) is 0 Å². The average Bonchev–Trinajstić information content (AvgIpc) is 2.14. The van der Waals surface area contributed by atoms with Gasteiger partial charge in [0.1, 0.15) is 0 Å². The van der Waals surface area contributed by atoms with E-state index >= 15 is 0 Å². The quantitative estimate of drug-likeness (QED) is 0.497. The van der Waals surface area contributed by atoms with E-state index in [2.05, 4.69) is 0 Å². The van der Waals surface area contributed by atoms with Crippen molar-refractivity contribution in [3.05, 3.63) is 0 Å². The van der Waals surface area contributed by atoms with Gasteiger partial charge in [-0.15, -0.1) is 0 Å². The van der Waals surface area contributed by atoms with E-state index in [0.29, 0.717) is 6.10 Å². The molecule has 0 radical (unpaired) electrons. The summed E-state index contributed by atoms with van der Waals surface area (Å²) in [6, 6.07) is 0. The first-order valence-corrected chi connectivity index (χ1v) is 2.96. The van der Waals surface area contributed by atoms with Crippen molar-refractivity contribution in [2.45, 2.75) is 31.8 Å². The Bertz CT molecular complexity index is 50.3. The van der Waals surface area contributed by atoms with Crippen molar-refractivity contribution in [1.82, 2.24) is 0 Å². The van der Waals surface area contributed by atoms with E-state index in [1.54, 1.807) is 7.11 Å². The molecule has 0 atom stereocenters. The Morgan fingerprint density at radius 1 is 1.11 bits per heavy atom. The van der Waals surface area contributed by atoms with Crippen molar-refractivity contribution < 1.29 is 15.7 Å². The van der Waals surface area contributed by atoms with Crippen LogP contribution in [0.15, 0.2) is 0 Å². The smallest absolute Gasteiger partial charge is 0.0571 e. The van der Waals surface area contributed by atoms with Gasteiger partial charge < -0.3 is 15.7 Å². The van der Waals surface area contributed by atoms with Gasteiger partial charge in [0.25, 0.3) is 0 Å². The third kappa shape index (κ3) is 3.46. The Balaban J connectivity index is 0. The van der Waals surface area contributed by atoms with Gasteiger partial charge in [-0.2, -0.15) is 0 Å². The standard InChI is InChI=1S/C6H12O.2H2O/c1-7-6-4-2-3-5-6;;/h6H,2-5H2,1H3;2*1H2. The lowest BCUT2D eigenvalue weighted by molar-refractivity contribution is 0.109. The number of hydrogen-bond acceptors (Lipinski definition) is 1. The first-order valence-electron chi connectivity index (χ1n) is 2.96. The molecule has 0 spiro atoms. The maximum Gasteiger partial charge on any atom is 0.0571 e. The number of rotatable bonds is 1. The minimum absolute atomic E-state index is 0. The van der Waals surface area contributed by atoms with Crippen LogP contribution in [0.4, 0.5) is 0 Å². The van der Waals surface area contributed by atoms with E-state index in [1.165, 1.54) is 25.7 Å². The van der Waals surface area contributed by atoms with Gasteiger partial charge in [-0.05, 0) is 12.8 Å². The molecule has 9 heavy (non-hydrogen) atoms. The zero-order chi connectivity index (χ0) is 5.11. The molecule has 0 aromatic rings. The summed E-state index contributed by atoms with van der Waals surface area (Å²) < 4.78 is 5.11. The lowest BCUT2D eigenvalue weighted by Crippen LogP contribution is -2.01. The summed E-state index contributed by atoms with van der Waals surface area (Å²) in [7, 11) is 1.80. The molecule has 58 valence electrons. The molecule has 1 aliphatic carbocycles. The van der Waals surface area contributed by atoms with Crippen molar-refractivity contribution in [3.63, 3.8) is 0 Å². The van der Waals surface area contributed by atoms with Gasteiger partial charge in [-0.3, -0.25) is 0 Å². The van der Waals surface area contributed by atoms with Crippen LogP contribution in [0.2, 0.25) is 0 Å². The molecular weight excluding hydrogens is 120 g/mol. The van der Waals surface area contributed by atoms with Crippen molar-refractivity contribution in [2.24, 2.45) is 0 Å². The molecule has 0 aliphatic heterocycles. The highest BCUT2D eigenvalue weighted by Crippen LogP contribution is 2.19. The van der Waals surface area contributed by atoms with Crippen LogP contribution in [0.25, 0.3) is 0 Å². The fourth-order valence-electron chi connectivity index (χ4n) is 1.12. The van der Waals surface area contributed by atoms with Crippen molar-refractivity contribution in [1.29, 1.82) is 0 Å². The number of hydrogen-bond donors (Lipinski definition) is 0. The van der Waals surface area contributed by atoms with Crippen LogP contribution in [0.3, 0.4) is 0 Å². The zero-order valence-corrected chi connectivity index (χ0v) is 5.81. The molecule has 1 aliphatic rings. The summed E-state index contributed by atoms with van der Waals surface area (Å²) in [5.74, 6) is 0. The van der Waals surface area contributed by atoms with E-state index in [1.807, 2.05) is 0 Å². The van der Waals surface area contributed by atoms with Gasteiger partial charge in [0.2, 0.25) is 0 Å². The number of ether oxygens (including phenoxy) is 1. The van der Waals surface area contributed by atoms with Crippen molar-refractivity contribution >= 4 is 0 Å². The highest BCUT2D eigenvalue weighted by atomic mass is 16.5. The molecule has 1 rings (SSSR count). The van der Waals surface area contributed by atoms with Crippen LogP contribution in [-0.4, -0.2) is 24.2 Å². The molecular formula is C6H16O3. The predicted molar refractivity (Wildman–Crippen MR) is 36.5 cm³/mol. The Labute approximate surface area is 55.6 Å². The van der Waals surface area contributed by atoms with E-state index in [4.69, 9.17) is 4.74 Å². The minimum atomic E-state index is 0. The lowest BCUT2D eigenvalue weighted by Gasteiger charge is -2.02. The fraction of sp³-hybridized carbons (Fsp3) is 1.00. The van der Waals surface area contributed by atoms with E-state index in [0.717, 1.165) is 0 Å². The molecule has 1 fully saturated rings. The van der Waals surface area contributed by atoms with Gasteiger partial charge in [-0.25, -0.2) is 0 Å². The van der Waals surface area contributed by atoms with Gasteiger partial charge in [0.15, 0.2) is 0 Å². The van der Waals surface area contributed by atoms with Crippen molar-refractivity contribution in [3.8, 4) is 0 Å². The highest BCUT2D eigenvalue weighted by Gasteiger charge is 2.12. The predicted octanol–water partition coefficient (Wildman–Crippen LogP) is -0.0740. The highest BCUT2D eigenvalue weighted by molar-refractivity contribution is 4.65. The zero-order valence-electron chi connectivity index (χ0n) is 5.81. The third-order valence-corrected chi connectivity index (χ3v) is 1.64. The van der Waals surface area contributed by atoms with Gasteiger partial charge >= 0.3 is 0 Å². The van der Waals surface area contributed by atoms with Crippen molar-refractivity contribution in [2.75, 3.05) is 7.11 Å². The van der Waals surface area contributed by atoms with E-state index in [9.17, 15) is 0 Å². The Morgan fingerprint density at radius 3 is 1.78 bits per heavy atom. The average molecular weight is 136 g/mol. The topological polar surface area (TPSA) is 72.2 Å². The lowest BCUT2D eigenvalue weighted by atomic mass is 10.3. The SMILES string of the molecule is COC1CCCC1.O.O. The maximum absolute atomic E-state index is 5.11. The second-order valence-corrected chi connectivity index (χ2v) is 2.14. The molecule has 0 amide bonds. The molecule has 3 nitrogen and oxygen atoms in total. The molecule has 0 aromatic carbocycles. The molecule has 0 heterocycles. The van der Waals surface area contributed by atoms with E-state index in [-0.39, 0.29) is 11.0 Å². The first kappa shape index (κ1) is 11.6. The molecule has 4 N–H and O–H groups in total. The summed E-state index contributed by atoms with van der Waals surface area (Å²) in [6.07, 6.45) is 5.92. The minimum Gasteiger partial charge on any atom is -0.412 e. The molecule has 0 unspecified atom stereocenters. The van der Waals surface area contributed by atoms with Crippen LogP contribution < -0.4 is 0 Å². The molecule has 3 heteroatoms. The van der Waals surface area contributed by atoms with Crippen LogP contribution in [0, 0.1) is 0 Å². The monoisotopic (exact) mass is 136 g/mol. The molecule has 0 saturated heterocycles. The summed E-state index contributed by atoms with van der Waals surface area (Å²) in [5.41, 5.74) is 0. The Morgan fingerprint density at radius 2 is 1.56 bits per heavy atom. The van der Waals surface area contributed by atoms with E-state index < -0.39 is 0 Å². The van der Waals surface area contributed by atoms with Crippen LogP contribution in [0.1, 0.15) is 25.7 Å². The first-order chi connectivity index (χ1) is 3.43.